The summed E-state index contributed by atoms with van der Waals surface area (Å²) in [5, 5.41) is 5.20. The molecule has 0 atom stereocenters. The Labute approximate surface area is 199 Å². The van der Waals surface area contributed by atoms with Crippen LogP contribution in [0.2, 0.25) is 0 Å². The molecule has 0 N–H and O–H groups in total. The van der Waals surface area contributed by atoms with E-state index in [1.807, 2.05) is 0 Å². The molecule has 6 aromatic rings. The fraction of sp³-hybridized carbons (Fsp3) is 0. The summed E-state index contributed by atoms with van der Waals surface area (Å²) in [4.78, 5) is 2.57. The van der Waals surface area contributed by atoms with E-state index in [9.17, 15) is 0 Å². The zero-order valence-corrected chi connectivity index (χ0v) is 18.6. The molecule has 0 unspecified atom stereocenters. The molecule has 0 bridgehead atoms. The van der Waals surface area contributed by atoms with Crippen molar-refractivity contribution in [3.8, 4) is 22.3 Å². The maximum atomic E-state index is 2.57. The normalized spacial score (nSPS) is 13.2. The molecule has 2 heteroatoms. The lowest BCUT2D eigenvalue weighted by Gasteiger charge is -2.43. The van der Waals surface area contributed by atoms with E-state index in [0.29, 0.717) is 0 Å². The molecule has 0 radical (unpaired) electrons. The van der Waals surface area contributed by atoms with Gasteiger partial charge in [-0.3, -0.25) is 0 Å². The molecule has 0 fully saturated rings. The van der Waals surface area contributed by atoms with Gasteiger partial charge < -0.3 is 4.81 Å². The zero-order chi connectivity index (χ0) is 22.2. The van der Waals surface area contributed by atoms with Crippen LogP contribution in [0, 0.1) is 0 Å². The lowest BCUT2D eigenvalue weighted by molar-refractivity contribution is 1.35. The fourth-order valence-corrected chi connectivity index (χ4v) is 6.19. The summed E-state index contributed by atoms with van der Waals surface area (Å²) in [6, 6.07) is 44.8. The quantitative estimate of drug-likeness (QED) is 0.238. The second-order valence-electron chi connectivity index (χ2n) is 9.34. The lowest BCUT2D eigenvalue weighted by atomic mass is 9.43. The Morgan fingerprint density at radius 2 is 1.06 bits per heavy atom. The average molecular weight is 429 g/mol. The van der Waals surface area contributed by atoms with Crippen molar-refractivity contribution < 1.29 is 0 Å². The predicted octanol–water partition coefficient (Wildman–Crippen LogP) is 6.90. The highest BCUT2D eigenvalue weighted by Gasteiger charge is 2.42. The number of anilines is 2. The van der Waals surface area contributed by atoms with E-state index in [-0.39, 0.29) is 6.85 Å². The number of hydrogen-bond donors (Lipinski definition) is 0. The largest absolute Gasteiger partial charge is 0.376 e. The van der Waals surface area contributed by atoms with Crippen LogP contribution in [0.1, 0.15) is 0 Å². The summed E-state index contributed by atoms with van der Waals surface area (Å²) in [5.41, 5.74) is 10.6. The lowest BCUT2D eigenvalue weighted by Crippen LogP contribution is -2.59. The highest BCUT2D eigenvalue weighted by molar-refractivity contribution is 6.93. The molecule has 156 valence electrons. The van der Waals surface area contributed by atoms with Crippen molar-refractivity contribution in [2.45, 2.75) is 0 Å². The molecule has 1 nitrogen and oxygen atoms in total. The van der Waals surface area contributed by atoms with Crippen molar-refractivity contribution in [1.29, 1.82) is 0 Å². The highest BCUT2D eigenvalue weighted by Crippen LogP contribution is 2.47. The molecule has 6 aromatic carbocycles. The third-order valence-corrected chi connectivity index (χ3v) is 7.61. The van der Waals surface area contributed by atoms with E-state index in [2.05, 4.69) is 126 Å². The molecule has 0 spiro atoms. The molecule has 2 aliphatic rings. The van der Waals surface area contributed by atoms with Crippen molar-refractivity contribution in [2.75, 3.05) is 4.81 Å². The molecule has 0 aliphatic carbocycles. The number of para-hydroxylation sites is 2. The molecule has 8 rings (SSSR count). The summed E-state index contributed by atoms with van der Waals surface area (Å²) in [6.07, 6.45) is 0. The van der Waals surface area contributed by atoms with Gasteiger partial charge in [0.05, 0.1) is 0 Å². The monoisotopic (exact) mass is 429 g/mol. The van der Waals surface area contributed by atoms with E-state index in [1.54, 1.807) is 0 Å². The smallest absolute Gasteiger partial charge is 0.329 e. The van der Waals surface area contributed by atoms with E-state index >= 15 is 0 Å². The molecular formula is C32H20BN. The number of nitrogens with zero attached hydrogens (tertiary/aromatic N) is 1. The van der Waals surface area contributed by atoms with Crippen molar-refractivity contribution in [1.82, 2.24) is 0 Å². The molecular weight excluding hydrogens is 409 g/mol. The topological polar surface area (TPSA) is 3.24 Å². The van der Waals surface area contributed by atoms with E-state index in [4.69, 9.17) is 0 Å². The summed E-state index contributed by atoms with van der Waals surface area (Å²) < 4.78 is 0. The SMILES string of the molecule is c1ccc2c(c1)-c1cc3ccccc3cc1B1c3ccc4ccccc4c3-c3ccccc3N12. The maximum Gasteiger partial charge on any atom is 0.329 e. The van der Waals surface area contributed by atoms with Gasteiger partial charge in [-0.15, -0.1) is 0 Å². The second kappa shape index (κ2) is 6.62. The Morgan fingerprint density at radius 1 is 0.441 bits per heavy atom. The molecule has 0 amide bonds. The van der Waals surface area contributed by atoms with Gasteiger partial charge >= 0.3 is 6.85 Å². The Morgan fingerprint density at radius 3 is 1.88 bits per heavy atom. The third-order valence-electron chi connectivity index (χ3n) is 7.61. The van der Waals surface area contributed by atoms with Crippen LogP contribution in [0.3, 0.4) is 0 Å². The van der Waals surface area contributed by atoms with Crippen LogP contribution in [-0.2, 0) is 0 Å². The average Bonchev–Trinajstić information content (AvgIpc) is 2.91. The van der Waals surface area contributed by atoms with Gasteiger partial charge in [-0.1, -0.05) is 103 Å². The summed E-state index contributed by atoms with van der Waals surface area (Å²) >= 11 is 0. The van der Waals surface area contributed by atoms with Gasteiger partial charge in [0, 0.05) is 22.5 Å². The van der Waals surface area contributed by atoms with E-state index in [0.717, 1.165) is 0 Å². The van der Waals surface area contributed by atoms with Gasteiger partial charge in [-0.2, -0.15) is 0 Å². The first-order valence-corrected chi connectivity index (χ1v) is 11.9. The van der Waals surface area contributed by atoms with Crippen molar-refractivity contribution in [3.05, 3.63) is 121 Å². The second-order valence-corrected chi connectivity index (χ2v) is 9.34. The van der Waals surface area contributed by atoms with Crippen molar-refractivity contribution in [2.24, 2.45) is 0 Å². The van der Waals surface area contributed by atoms with Crippen LogP contribution < -0.4 is 15.7 Å². The standard InChI is InChI=1S/C32H20BN/c1-2-11-23-20-29-27(19-22(23)10-1)25-13-5-7-15-30(25)34-31-16-8-6-14-26(31)32-24-12-4-3-9-21(24)17-18-28(32)33(29)34/h1-20H. The van der Waals surface area contributed by atoms with Gasteiger partial charge in [0.2, 0.25) is 0 Å². The summed E-state index contributed by atoms with van der Waals surface area (Å²) in [6.45, 7) is 0.129. The predicted molar refractivity (Wildman–Crippen MR) is 146 cm³/mol. The molecule has 0 saturated carbocycles. The maximum absolute atomic E-state index is 2.57. The molecule has 34 heavy (non-hydrogen) atoms. The Hall–Kier alpha value is -4.30. The van der Waals surface area contributed by atoms with Gasteiger partial charge in [0.15, 0.2) is 0 Å². The third kappa shape index (κ3) is 2.30. The zero-order valence-electron chi connectivity index (χ0n) is 18.6. The minimum Gasteiger partial charge on any atom is -0.376 e. The van der Waals surface area contributed by atoms with Gasteiger partial charge in [-0.05, 0) is 61.8 Å². The van der Waals surface area contributed by atoms with Gasteiger partial charge in [-0.25, -0.2) is 0 Å². The van der Waals surface area contributed by atoms with Gasteiger partial charge in [0.25, 0.3) is 0 Å². The molecule has 0 saturated heterocycles. The van der Waals surface area contributed by atoms with Crippen molar-refractivity contribution >= 4 is 50.7 Å². The molecule has 2 heterocycles. The van der Waals surface area contributed by atoms with Crippen LogP contribution in [0.15, 0.2) is 121 Å². The Kier molecular flexibility index (Phi) is 3.54. The Bertz CT molecular complexity index is 1780. The first-order chi connectivity index (χ1) is 16.9. The molecule has 2 aliphatic heterocycles. The van der Waals surface area contributed by atoms with E-state index in [1.165, 1.54) is 66.1 Å². The van der Waals surface area contributed by atoms with Gasteiger partial charge in [0.1, 0.15) is 0 Å². The number of hydrogen-bond acceptors (Lipinski definition) is 1. The number of fused-ring (bicyclic) bond motifs is 14. The summed E-state index contributed by atoms with van der Waals surface area (Å²) in [7, 11) is 0. The first-order valence-electron chi connectivity index (χ1n) is 11.9. The fourth-order valence-electron chi connectivity index (χ4n) is 6.19. The first kappa shape index (κ1) is 18.2. The van der Waals surface area contributed by atoms with Crippen LogP contribution in [0.25, 0.3) is 43.8 Å². The van der Waals surface area contributed by atoms with Crippen molar-refractivity contribution in [3.63, 3.8) is 0 Å². The minimum absolute atomic E-state index is 0.129. The molecule has 0 aromatic heterocycles. The van der Waals surface area contributed by atoms with Crippen LogP contribution >= 0.6 is 0 Å². The van der Waals surface area contributed by atoms with Crippen LogP contribution in [0.4, 0.5) is 11.4 Å². The number of rotatable bonds is 0. The Balaban J connectivity index is 1.55. The highest BCUT2D eigenvalue weighted by atomic mass is 15.1. The van der Waals surface area contributed by atoms with Crippen LogP contribution in [-0.4, -0.2) is 6.85 Å². The summed E-state index contributed by atoms with van der Waals surface area (Å²) in [5.74, 6) is 0. The van der Waals surface area contributed by atoms with Crippen LogP contribution in [0.5, 0.6) is 0 Å². The number of benzene rings is 6. The minimum atomic E-state index is 0.129. The van der Waals surface area contributed by atoms with E-state index < -0.39 is 0 Å².